The van der Waals surface area contributed by atoms with E-state index in [1.807, 2.05) is 97.1 Å². The van der Waals surface area contributed by atoms with Crippen molar-refractivity contribution in [1.29, 1.82) is 0 Å². The zero-order chi connectivity index (χ0) is 41.1. The molecule has 4 aromatic rings. The van der Waals surface area contributed by atoms with Crippen molar-refractivity contribution in [2.75, 3.05) is 66.7 Å². The summed E-state index contributed by atoms with van der Waals surface area (Å²) in [5, 5.41) is 0. The molecule has 2 saturated heterocycles. The Morgan fingerprint density at radius 1 is 0.542 bits per heavy atom. The molecule has 4 aromatic carbocycles. The van der Waals surface area contributed by atoms with Crippen LogP contribution in [-0.4, -0.2) is 88.1 Å². The molecule has 0 atom stereocenters. The van der Waals surface area contributed by atoms with Crippen LogP contribution >= 0.6 is 0 Å². The van der Waals surface area contributed by atoms with Gasteiger partial charge in [-0.15, -0.1) is 0 Å². The third kappa shape index (κ3) is 12.9. The van der Waals surface area contributed by atoms with Gasteiger partial charge in [-0.3, -0.25) is 9.59 Å². The average molecular weight is 799 g/mol. The zero-order valence-electron chi connectivity index (χ0n) is 35.1. The van der Waals surface area contributed by atoms with E-state index in [9.17, 15) is 9.59 Å². The third-order valence-electron chi connectivity index (χ3n) is 11.5. The zero-order valence-corrected chi connectivity index (χ0v) is 35.1. The highest BCUT2D eigenvalue weighted by Crippen LogP contribution is 2.35. The predicted octanol–water partition coefficient (Wildman–Crippen LogP) is 9.55. The summed E-state index contributed by atoms with van der Waals surface area (Å²) in [5.41, 5.74) is 1.93. The molecule has 0 unspecified atom stereocenters. The first-order valence-corrected chi connectivity index (χ1v) is 21.5. The van der Waals surface area contributed by atoms with Crippen LogP contribution in [0.3, 0.4) is 0 Å². The van der Waals surface area contributed by atoms with E-state index in [0.29, 0.717) is 36.2 Å². The first-order chi connectivity index (χ1) is 29.0. The lowest BCUT2D eigenvalue weighted by Gasteiger charge is -2.29. The van der Waals surface area contributed by atoms with Gasteiger partial charge < -0.3 is 28.7 Å². The maximum atomic E-state index is 14.8. The number of hydrogen-bond donors (Lipinski definition) is 0. The number of likely N-dealkylation sites (tertiary alicyclic amines) is 2. The average Bonchev–Trinajstić information content (AvgIpc) is 3.29. The van der Waals surface area contributed by atoms with Gasteiger partial charge in [-0.05, 0) is 136 Å². The summed E-state index contributed by atoms with van der Waals surface area (Å²) in [6.07, 6.45) is 16.7. The molecule has 0 N–H and O–H groups in total. The molecule has 0 bridgehead atoms. The van der Waals surface area contributed by atoms with Crippen LogP contribution in [0.1, 0.15) is 73.6 Å². The second-order valence-electron chi connectivity index (χ2n) is 15.8. The minimum atomic E-state index is -1.42. The number of piperidine rings is 2. The number of ether oxygens (including phenoxy) is 4. The Kier molecular flexibility index (Phi) is 16.8. The summed E-state index contributed by atoms with van der Waals surface area (Å²) in [5.74, 6) is 1.98. The van der Waals surface area contributed by atoms with E-state index < -0.39 is 5.41 Å². The van der Waals surface area contributed by atoms with Gasteiger partial charge in [0, 0.05) is 13.1 Å². The second kappa shape index (κ2) is 22.8. The number of ketones is 2. The van der Waals surface area contributed by atoms with Crippen molar-refractivity contribution < 1.29 is 28.5 Å². The lowest BCUT2D eigenvalue weighted by Crippen LogP contribution is -2.42. The molecule has 0 amide bonds. The van der Waals surface area contributed by atoms with Crippen LogP contribution in [-0.2, 0) is 22.4 Å². The largest absolute Gasteiger partial charge is 0.493 e. The van der Waals surface area contributed by atoms with Crippen LogP contribution in [0.5, 0.6) is 23.0 Å². The number of benzene rings is 4. The van der Waals surface area contributed by atoms with Crippen LogP contribution < -0.4 is 18.9 Å². The summed E-state index contributed by atoms with van der Waals surface area (Å²) in [6, 6.07) is 30.9. The van der Waals surface area contributed by atoms with Crippen LogP contribution in [0.15, 0.2) is 109 Å². The Balaban J connectivity index is 1.20. The summed E-state index contributed by atoms with van der Waals surface area (Å²) < 4.78 is 23.7. The van der Waals surface area contributed by atoms with Gasteiger partial charge in [0.1, 0.15) is 5.41 Å². The molecule has 6 rings (SSSR count). The van der Waals surface area contributed by atoms with Crippen molar-refractivity contribution in [3.05, 3.63) is 131 Å². The quantitative estimate of drug-likeness (QED) is 0.0442. The highest BCUT2D eigenvalue weighted by Gasteiger charge is 2.43. The van der Waals surface area contributed by atoms with Gasteiger partial charge in [0.05, 0.1) is 27.4 Å². The van der Waals surface area contributed by atoms with Gasteiger partial charge in [0.15, 0.2) is 34.6 Å². The normalized spacial score (nSPS) is 15.4. The van der Waals surface area contributed by atoms with Gasteiger partial charge in [0.25, 0.3) is 0 Å². The lowest BCUT2D eigenvalue weighted by molar-refractivity contribution is -0.135. The van der Waals surface area contributed by atoms with E-state index in [2.05, 4.69) is 9.80 Å². The smallest absolute Gasteiger partial charge is 0.170 e. The third-order valence-corrected chi connectivity index (χ3v) is 11.5. The molecule has 312 valence electrons. The lowest BCUT2D eigenvalue weighted by atomic mass is 9.69. The van der Waals surface area contributed by atoms with Crippen molar-refractivity contribution >= 4 is 23.7 Å². The fourth-order valence-electron chi connectivity index (χ4n) is 8.20. The van der Waals surface area contributed by atoms with Crippen LogP contribution in [0.4, 0.5) is 0 Å². The van der Waals surface area contributed by atoms with Gasteiger partial charge in [0.2, 0.25) is 0 Å². The first-order valence-electron chi connectivity index (χ1n) is 21.5. The van der Waals surface area contributed by atoms with E-state index in [1.165, 1.54) is 64.7 Å². The topological polar surface area (TPSA) is 77.5 Å². The Hall–Kier alpha value is -5.18. The summed E-state index contributed by atoms with van der Waals surface area (Å²) in [7, 11) is 3.25. The van der Waals surface area contributed by atoms with E-state index in [-0.39, 0.29) is 24.4 Å². The molecule has 2 heterocycles. The predicted molar refractivity (Wildman–Crippen MR) is 238 cm³/mol. The highest BCUT2D eigenvalue weighted by atomic mass is 16.5. The van der Waals surface area contributed by atoms with Crippen molar-refractivity contribution in [2.45, 2.75) is 64.2 Å². The van der Waals surface area contributed by atoms with E-state index in [4.69, 9.17) is 18.9 Å². The minimum absolute atomic E-state index is 0.232. The van der Waals surface area contributed by atoms with Crippen molar-refractivity contribution in [3.63, 3.8) is 0 Å². The SMILES string of the molecule is COc1cc(/C=C/C(=O)C(Cc2ccccc2)(Cc2ccccc2)C(=O)/C=C/c2ccc(OCCCN3CCCCC3)c(OC)c2)ccc1OCCCN1CCCCC1. The molecule has 2 fully saturated rings. The molecular weight excluding hydrogens is 737 g/mol. The molecule has 0 radical (unpaired) electrons. The van der Waals surface area contributed by atoms with Gasteiger partial charge in [-0.2, -0.15) is 0 Å². The number of carbonyl (C=O) groups excluding carboxylic acids is 2. The summed E-state index contributed by atoms with van der Waals surface area (Å²) in [6.45, 7) is 7.93. The molecular formula is C51H62N2O6. The minimum Gasteiger partial charge on any atom is -0.493 e. The number of methoxy groups -OCH3 is 2. The second-order valence-corrected chi connectivity index (χ2v) is 15.8. The Labute approximate surface area is 351 Å². The van der Waals surface area contributed by atoms with Crippen LogP contribution in [0.25, 0.3) is 12.2 Å². The summed E-state index contributed by atoms with van der Waals surface area (Å²) in [4.78, 5) is 34.5. The highest BCUT2D eigenvalue weighted by molar-refractivity contribution is 6.17. The number of rotatable bonds is 22. The number of nitrogens with zero attached hydrogens (tertiary/aromatic N) is 2. The molecule has 59 heavy (non-hydrogen) atoms. The number of carbonyl (C=O) groups is 2. The van der Waals surface area contributed by atoms with Gasteiger partial charge in [-0.25, -0.2) is 0 Å². The fourth-order valence-corrected chi connectivity index (χ4v) is 8.20. The molecule has 0 saturated carbocycles. The van der Waals surface area contributed by atoms with E-state index in [0.717, 1.165) is 48.2 Å². The molecule has 8 nitrogen and oxygen atoms in total. The molecule has 0 aromatic heterocycles. The Bertz CT molecular complexity index is 1820. The maximum Gasteiger partial charge on any atom is 0.170 e. The first kappa shape index (κ1) is 43.4. The molecule has 0 spiro atoms. The van der Waals surface area contributed by atoms with Crippen molar-refractivity contribution in [3.8, 4) is 23.0 Å². The van der Waals surface area contributed by atoms with Crippen LogP contribution in [0.2, 0.25) is 0 Å². The number of allylic oxidation sites excluding steroid dienone is 2. The standard InChI is InChI=1S/C51H62N2O6/c1-56-47-37-41(21-25-45(47)58-35-15-33-52-29-11-5-12-30-52)23-27-49(54)51(39-43-17-7-3-8-18-43,40-44-19-9-4-10-20-44)50(55)28-24-42-22-26-46(48(38-42)57-2)59-36-16-34-53-31-13-6-14-32-53/h3-4,7-10,17-28,37-38H,5-6,11-16,29-36,39-40H2,1-2H3/b27-23+,28-24+. The number of hydrogen-bond acceptors (Lipinski definition) is 8. The van der Waals surface area contributed by atoms with E-state index in [1.54, 1.807) is 38.5 Å². The van der Waals surface area contributed by atoms with Crippen molar-refractivity contribution in [2.24, 2.45) is 5.41 Å². The Morgan fingerprint density at radius 3 is 1.34 bits per heavy atom. The molecule has 2 aliphatic heterocycles. The van der Waals surface area contributed by atoms with Crippen LogP contribution in [0, 0.1) is 5.41 Å². The molecule has 8 heteroatoms. The molecule has 2 aliphatic rings. The maximum absolute atomic E-state index is 14.8. The molecule has 0 aliphatic carbocycles. The van der Waals surface area contributed by atoms with E-state index >= 15 is 0 Å². The van der Waals surface area contributed by atoms with Gasteiger partial charge >= 0.3 is 0 Å². The fraction of sp³-hybridized carbons (Fsp3) is 0.412. The summed E-state index contributed by atoms with van der Waals surface area (Å²) >= 11 is 0. The monoisotopic (exact) mass is 798 g/mol. The Morgan fingerprint density at radius 2 is 0.949 bits per heavy atom. The van der Waals surface area contributed by atoms with Gasteiger partial charge in [-0.1, -0.05) is 97.8 Å². The van der Waals surface area contributed by atoms with Crippen molar-refractivity contribution in [1.82, 2.24) is 9.80 Å².